The molecule has 0 unspecified atom stereocenters. The molecule has 1 heterocycles. The molecule has 2 amide bonds. The topological polar surface area (TPSA) is 98.6 Å². The van der Waals surface area contributed by atoms with E-state index in [1.807, 2.05) is 54.6 Å². The molecular weight excluding hydrogens is 494 g/mol. The highest BCUT2D eigenvalue weighted by molar-refractivity contribution is 6.02. The van der Waals surface area contributed by atoms with Crippen molar-refractivity contribution in [1.29, 1.82) is 0 Å². The minimum atomic E-state index is -0.924. The highest BCUT2D eigenvalue weighted by atomic mass is 16.5. The molecule has 0 bridgehead atoms. The number of ether oxygens (including phenoxy) is 2. The summed E-state index contributed by atoms with van der Waals surface area (Å²) < 4.78 is 12.6. The highest BCUT2D eigenvalue weighted by Gasteiger charge is 2.35. The monoisotopic (exact) mass is 527 g/mol. The van der Waals surface area contributed by atoms with Gasteiger partial charge in [0.1, 0.15) is 29.6 Å². The van der Waals surface area contributed by atoms with Crippen LogP contribution in [-0.2, 0) is 16.1 Å². The number of carbonyl (C=O) groups is 2. The Kier molecular flexibility index (Phi) is 8.05. The van der Waals surface area contributed by atoms with Gasteiger partial charge in [-0.05, 0) is 30.5 Å². The molecule has 1 saturated carbocycles. The lowest BCUT2D eigenvalue weighted by atomic mass is 9.94. The summed E-state index contributed by atoms with van der Waals surface area (Å²) in [6, 6.07) is 21.2. The molecule has 1 fully saturated rings. The fourth-order valence-electron chi connectivity index (χ4n) is 5.19. The second kappa shape index (κ2) is 12.0. The molecule has 9 heteroatoms. The third kappa shape index (κ3) is 5.87. The van der Waals surface area contributed by atoms with Crippen LogP contribution >= 0.6 is 0 Å². The summed E-state index contributed by atoms with van der Waals surface area (Å²) in [5.74, 6) is 0.459. The Hall–Kier alpha value is -4.40. The second-order valence-electron chi connectivity index (χ2n) is 9.73. The van der Waals surface area contributed by atoms with Gasteiger partial charge >= 0.3 is 0 Å². The molecule has 1 aliphatic carbocycles. The number of hydrogen-bond acceptors (Lipinski definition) is 6. The van der Waals surface area contributed by atoms with E-state index in [-0.39, 0.29) is 24.4 Å². The number of anilines is 1. The van der Waals surface area contributed by atoms with Crippen LogP contribution in [0.1, 0.15) is 43.7 Å². The van der Waals surface area contributed by atoms with Gasteiger partial charge in [0.05, 0.1) is 25.4 Å². The smallest absolute Gasteiger partial charge is 0.249 e. The van der Waals surface area contributed by atoms with Crippen LogP contribution in [0.4, 0.5) is 5.69 Å². The quantitative estimate of drug-likeness (QED) is 0.340. The molecule has 3 aromatic carbocycles. The van der Waals surface area contributed by atoms with Crippen LogP contribution in [0.15, 0.2) is 72.8 Å². The van der Waals surface area contributed by atoms with E-state index in [1.165, 1.54) is 11.3 Å². The van der Waals surface area contributed by atoms with Crippen LogP contribution < -0.4 is 19.7 Å². The number of aromatic nitrogens is 3. The van der Waals surface area contributed by atoms with E-state index in [9.17, 15) is 9.59 Å². The van der Waals surface area contributed by atoms with E-state index < -0.39 is 6.04 Å². The highest BCUT2D eigenvalue weighted by Crippen LogP contribution is 2.35. The number of methoxy groups -OCH3 is 2. The predicted octanol–water partition coefficient (Wildman–Crippen LogP) is 4.67. The fraction of sp³-hybridized carbons (Fsp3) is 0.333. The van der Waals surface area contributed by atoms with Crippen molar-refractivity contribution in [3.05, 3.63) is 78.4 Å². The standard InChI is InChI=1S/C30H33N5O4/c1-38-24-17-23(18-25(19-24)39-2)35(28(36)20-34-27-16-10-9-15-26(27)32-33-34)29(21-11-5-3-6-12-21)30(37)31-22-13-7-4-8-14-22/h3,5-6,9-12,15-19,22,29H,4,7-8,13-14,20H2,1-2H3,(H,31,37)/t29-/m0/s1. The summed E-state index contributed by atoms with van der Waals surface area (Å²) in [5.41, 5.74) is 2.60. The maximum atomic E-state index is 14.2. The summed E-state index contributed by atoms with van der Waals surface area (Å²) in [5, 5.41) is 11.7. The average molecular weight is 528 g/mol. The van der Waals surface area contributed by atoms with E-state index in [4.69, 9.17) is 9.47 Å². The van der Waals surface area contributed by atoms with Crippen LogP contribution in [0.2, 0.25) is 0 Å². The number of amides is 2. The van der Waals surface area contributed by atoms with Crippen molar-refractivity contribution < 1.29 is 19.1 Å². The van der Waals surface area contributed by atoms with Crippen LogP contribution in [0, 0.1) is 0 Å². The Morgan fingerprint density at radius 1 is 0.949 bits per heavy atom. The number of benzene rings is 3. The zero-order valence-electron chi connectivity index (χ0n) is 22.2. The van der Waals surface area contributed by atoms with Gasteiger partial charge in [0.15, 0.2) is 0 Å². The van der Waals surface area contributed by atoms with E-state index >= 15 is 0 Å². The van der Waals surface area contributed by atoms with Gasteiger partial charge in [0.2, 0.25) is 11.8 Å². The summed E-state index contributed by atoms with van der Waals surface area (Å²) in [6.07, 6.45) is 5.19. The van der Waals surface area contributed by atoms with Crippen LogP contribution in [0.3, 0.4) is 0 Å². The zero-order chi connectivity index (χ0) is 27.2. The van der Waals surface area contributed by atoms with Gasteiger partial charge in [-0.2, -0.15) is 0 Å². The molecule has 5 rings (SSSR count). The van der Waals surface area contributed by atoms with Gasteiger partial charge in [0, 0.05) is 24.2 Å². The second-order valence-corrected chi connectivity index (χ2v) is 9.73. The average Bonchev–Trinajstić information content (AvgIpc) is 3.38. The zero-order valence-corrected chi connectivity index (χ0v) is 22.2. The van der Waals surface area contributed by atoms with Crippen LogP contribution in [-0.4, -0.2) is 47.1 Å². The van der Waals surface area contributed by atoms with Gasteiger partial charge in [-0.1, -0.05) is 66.9 Å². The molecule has 9 nitrogen and oxygen atoms in total. The van der Waals surface area contributed by atoms with Crippen molar-refractivity contribution in [2.75, 3.05) is 19.1 Å². The van der Waals surface area contributed by atoms with Gasteiger partial charge in [-0.3, -0.25) is 14.5 Å². The molecule has 4 aromatic rings. The molecule has 0 spiro atoms. The molecule has 1 aromatic heterocycles. The van der Waals surface area contributed by atoms with Crippen molar-refractivity contribution >= 4 is 28.5 Å². The normalized spacial score (nSPS) is 14.5. The third-order valence-electron chi connectivity index (χ3n) is 7.16. The van der Waals surface area contributed by atoms with Crippen molar-refractivity contribution in [2.24, 2.45) is 0 Å². The van der Waals surface area contributed by atoms with Crippen LogP contribution in [0.5, 0.6) is 11.5 Å². The number of fused-ring (bicyclic) bond motifs is 1. The molecule has 1 aliphatic rings. The molecule has 0 saturated heterocycles. The summed E-state index contributed by atoms with van der Waals surface area (Å²) in [6.45, 7) is -0.111. The first-order chi connectivity index (χ1) is 19.1. The minimum absolute atomic E-state index is 0.0773. The number of carbonyl (C=O) groups excluding carboxylic acids is 2. The number of hydrogen-bond donors (Lipinski definition) is 1. The maximum absolute atomic E-state index is 14.2. The van der Waals surface area contributed by atoms with Crippen LogP contribution in [0.25, 0.3) is 11.0 Å². The summed E-state index contributed by atoms with van der Waals surface area (Å²) in [4.78, 5) is 29.8. The van der Waals surface area contributed by atoms with E-state index in [0.29, 0.717) is 28.3 Å². The Balaban J connectivity index is 1.60. The predicted molar refractivity (Wildman–Crippen MR) is 149 cm³/mol. The Morgan fingerprint density at radius 3 is 2.31 bits per heavy atom. The number of para-hydroxylation sites is 1. The maximum Gasteiger partial charge on any atom is 0.249 e. The lowest BCUT2D eigenvalue weighted by molar-refractivity contribution is -0.127. The molecule has 0 aliphatic heterocycles. The molecular formula is C30H33N5O4. The van der Waals surface area contributed by atoms with Gasteiger partial charge in [0.25, 0.3) is 0 Å². The van der Waals surface area contributed by atoms with Crippen molar-refractivity contribution in [3.63, 3.8) is 0 Å². The number of rotatable bonds is 9. The van der Waals surface area contributed by atoms with Gasteiger partial charge in [-0.15, -0.1) is 5.10 Å². The van der Waals surface area contributed by atoms with Crippen molar-refractivity contribution in [1.82, 2.24) is 20.3 Å². The lowest BCUT2D eigenvalue weighted by Crippen LogP contribution is -2.48. The molecule has 1 atom stereocenters. The van der Waals surface area contributed by atoms with Gasteiger partial charge < -0.3 is 14.8 Å². The van der Waals surface area contributed by atoms with E-state index in [0.717, 1.165) is 31.2 Å². The first-order valence-electron chi connectivity index (χ1n) is 13.3. The van der Waals surface area contributed by atoms with Crippen molar-refractivity contribution in [2.45, 2.75) is 50.7 Å². The minimum Gasteiger partial charge on any atom is -0.497 e. The van der Waals surface area contributed by atoms with Gasteiger partial charge in [-0.25, -0.2) is 4.68 Å². The Bertz CT molecular complexity index is 1410. The lowest BCUT2D eigenvalue weighted by Gasteiger charge is -2.33. The summed E-state index contributed by atoms with van der Waals surface area (Å²) >= 11 is 0. The fourth-order valence-corrected chi connectivity index (χ4v) is 5.19. The number of nitrogens with zero attached hydrogens (tertiary/aromatic N) is 4. The first kappa shape index (κ1) is 26.2. The molecule has 0 radical (unpaired) electrons. The third-order valence-corrected chi connectivity index (χ3v) is 7.16. The molecule has 1 N–H and O–H groups in total. The first-order valence-corrected chi connectivity index (χ1v) is 13.3. The molecule has 39 heavy (non-hydrogen) atoms. The van der Waals surface area contributed by atoms with E-state index in [1.54, 1.807) is 37.1 Å². The van der Waals surface area contributed by atoms with E-state index in [2.05, 4.69) is 15.6 Å². The Morgan fingerprint density at radius 2 is 1.62 bits per heavy atom. The SMILES string of the molecule is COc1cc(OC)cc(N(C(=O)Cn2nnc3ccccc32)[C@H](C(=O)NC2CCCCC2)c2ccccc2)c1. The Labute approximate surface area is 227 Å². The number of nitrogens with one attached hydrogen (secondary N) is 1. The summed E-state index contributed by atoms with van der Waals surface area (Å²) in [7, 11) is 3.10. The van der Waals surface area contributed by atoms with Crippen molar-refractivity contribution in [3.8, 4) is 11.5 Å². The molecule has 202 valence electrons. The largest absolute Gasteiger partial charge is 0.497 e.